The van der Waals surface area contributed by atoms with Gasteiger partial charge in [-0.25, -0.2) is 9.67 Å². The van der Waals surface area contributed by atoms with Gasteiger partial charge in [-0.1, -0.05) is 59.5 Å². The van der Waals surface area contributed by atoms with Crippen LogP contribution in [0.1, 0.15) is 32.1 Å². The molecule has 5 aromatic rings. The van der Waals surface area contributed by atoms with Gasteiger partial charge < -0.3 is 10.6 Å². The third-order valence-corrected chi connectivity index (χ3v) is 6.62. The van der Waals surface area contributed by atoms with E-state index in [0.717, 1.165) is 0 Å². The molecule has 0 saturated heterocycles. The normalized spacial score (nSPS) is 11.2. The molecule has 3 aromatic carbocycles. The second kappa shape index (κ2) is 11.0. The number of carbonyl (C=O) groups excluding carboxylic acids is 2. The van der Waals surface area contributed by atoms with Crippen LogP contribution in [0.4, 0.5) is 24.5 Å². The van der Waals surface area contributed by atoms with Crippen LogP contribution < -0.4 is 10.6 Å². The third-order valence-electron chi connectivity index (χ3n) is 5.93. The molecule has 2 amide bonds. The quantitative estimate of drug-likeness (QED) is 0.210. The van der Waals surface area contributed by atoms with Crippen LogP contribution >= 0.6 is 23.2 Å². The predicted octanol–water partition coefficient (Wildman–Crippen LogP) is 7.23. The largest absolute Gasteiger partial charge is 0.435 e. The minimum atomic E-state index is -4.87. The summed E-state index contributed by atoms with van der Waals surface area (Å²) in [5.74, 6) is 0.570. The second-order valence-electron chi connectivity index (χ2n) is 8.60. The SMILES string of the molecule is C#Cc1cccc(NC(=O)c2cc3ccccc3c(Cl)c2NC(=O)c2cc(C(F)(F)F)nn2-c2ncccc2Cl)c1. The Hall–Kier alpha value is -4.85. The summed E-state index contributed by atoms with van der Waals surface area (Å²) in [7, 11) is 0. The molecule has 41 heavy (non-hydrogen) atoms. The average Bonchev–Trinajstić information content (AvgIpc) is 3.41. The van der Waals surface area contributed by atoms with E-state index >= 15 is 0 Å². The van der Waals surface area contributed by atoms with Crippen LogP contribution in [-0.2, 0) is 6.18 Å². The Morgan fingerprint density at radius 3 is 2.44 bits per heavy atom. The standard InChI is InChI=1S/C29H16Cl2F3N5O2/c1-2-16-7-5-9-18(13-16)36-27(40)20-14-17-8-3-4-10-19(17)24(31)25(20)37-28(41)22-15-23(29(32,33)34)38-39(22)26-21(30)11-6-12-35-26/h1,3-15H,(H,36,40)(H,37,41). The van der Waals surface area contributed by atoms with Crippen molar-refractivity contribution in [2.75, 3.05) is 10.6 Å². The number of terminal acetylenes is 1. The van der Waals surface area contributed by atoms with E-state index in [2.05, 4.69) is 26.6 Å². The van der Waals surface area contributed by atoms with Crippen molar-refractivity contribution in [2.45, 2.75) is 6.18 Å². The van der Waals surface area contributed by atoms with E-state index < -0.39 is 29.4 Å². The van der Waals surface area contributed by atoms with Gasteiger partial charge in [0.05, 0.1) is 21.3 Å². The van der Waals surface area contributed by atoms with Crippen molar-refractivity contribution in [3.8, 4) is 18.2 Å². The van der Waals surface area contributed by atoms with E-state index in [9.17, 15) is 22.8 Å². The highest BCUT2D eigenvalue weighted by molar-refractivity contribution is 6.40. The molecular weight excluding hydrogens is 578 g/mol. The van der Waals surface area contributed by atoms with Crippen molar-refractivity contribution in [1.82, 2.24) is 14.8 Å². The second-order valence-corrected chi connectivity index (χ2v) is 9.39. The van der Waals surface area contributed by atoms with Gasteiger partial charge in [0.15, 0.2) is 11.5 Å². The molecule has 0 radical (unpaired) electrons. The summed E-state index contributed by atoms with van der Waals surface area (Å²) in [6, 6.07) is 18.3. The zero-order valence-electron chi connectivity index (χ0n) is 20.6. The molecule has 5 rings (SSSR count). The van der Waals surface area contributed by atoms with Crippen LogP contribution in [0.3, 0.4) is 0 Å². The van der Waals surface area contributed by atoms with Crippen molar-refractivity contribution < 1.29 is 22.8 Å². The van der Waals surface area contributed by atoms with Gasteiger partial charge >= 0.3 is 6.18 Å². The fourth-order valence-corrected chi connectivity index (χ4v) is 4.57. The first-order chi connectivity index (χ1) is 19.6. The zero-order chi connectivity index (χ0) is 29.3. The molecule has 2 N–H and O–H groups in total. The van der Waals surface area contributed by atoms with Crippen molar-refractivity contribution >= 4 is 57.2 Å². The predicted molar refractivity (Wildman–Crippen MR) is 151 cm³/mol. The average molecular weight is 594 g/mol. The summed E-state index contributed by atoms with van der Waals surface area (Å²) in [5, 5.41) is 9.78. The summed E-state index contributed by atoms with van der Waals surface area (Å²) >= 11 is 12.8. The number of benzene rings is 3. The van der Waals surface area contributed by atoms with E-state index in [0.29, 0.717) is 32.8 Å². The third kappa shape index (κ3) is 5.59. The van der Waals surface area contributed by atoms with Gasteiger partial charge in [-0.15, -0.1) is 6.42 Å². The van der Waals surface area contributed by atoms with Crippen LogP contribution in [-0.4, -0.2) is 26.6 Å². The molecule has 0 fully saturated rings. The molecule has 2 aromatic heterocycles. The Morgan fingerprint density at radius 2 is 1.71 bits per heavy atom. The topological polar surface area (TPSA) is 88.9 Å². The van der Waals surface area contributed by atoms with Gasteiger partial charge in [0, 0.05) is 28.9 Å². The van der Waals surface area contributed by atoms with Crippen LogP contribution in [0.15, 0.2) is 79.0 Å². The Labute approximate surface area is 240 Å². The monoisotopic (exact) mass is 593 g/mol. The number of nitrogens with zero attached hydrogens (tertiary/aromatic N) is 3. The number of anilines is 2. The van der Waals surface area contributed by atoms with Crippen molar-refractivity contribution in [3.05, 3.63) is 112 Å². The number of aromatic nitrogens is 3. The minimum absolute atomic E-state index is 0.00282. The Bertz CT molecular complexity index is 1880. The van der Waals surface area contributed by atoms with E-state index in [1.54, 1.807) is 48.5 Å². The van der Waals surface area contributed by atoms with Crippen molar-refractivity contribution in [3.63, 3.8) is 0 Å². The van der Waals surface area contributed by atoms with E-state index in [1.807, 2.05) is 0 Å². The summed E-state index contributed by atoms with van der Waals surface area (Å²) in [6.07, 6.45) is 1.86. The van der Waals surface area contributed by atoms with Crippen molar-refractivity contribution in [1.29, 1.82) is 0 Å². The first kappa shape index (κ1) is 27.7. The van der Waals surface area contributed by atoms with Gasteiger partial charge in [0.1, 0.15) is 5.69 Å². The molecule has 7 nitrogen and oxygen atoms in total. The molecule has 0 aliphatic carbocycles. The summed E-state index contributed by atoms with van der Waals surface area (Å²) in [6.45, 7) is 0. The number of alkyl halides is 3. The van der Waals surface area contributed by atoms with E-state index in [1.165, 1.54) is 24.4 Å². The number of amides is 2. The van der Waals surface area contributed by atoms with Gasteiger partial charge in [0.25, 0.3) is 11.8 Å². The summed E-state index contributed by atoms with van der Waals surface area (Å²) < 4.78 is 41.5. The lowest BCUT2D eigenvalue weighted by Crippen LogP contribution is -2.21. The molecule has 0 saturated carbocycles. The highest BCUT2D eigenvalue weighted by Gasteiger charge is 2.37. The van der Waals surface area contributed by atoms with Gasteiger partial charge in [0.2, 0.25) is 0 Å². The van der Waals surface area contributed by atoms with Crippen LogP contribution in [0.2, 0.25) is 10.0 Å². The zero-order valence-corrected chi connectivity index (χ0v) is 22.1. The fraction of sp³-hybridized carbons (Fsp3) is 0.0345. The number of rotatable bonds is 5. The van der Waals surface area contributed by atoms with Crippen LogP contribution in [0.5, 0.6) is 0 Å². The van der Waals surface area contributed by atoms with Crippen LogP contribution in [0, 0.1) is 12.3 Å². The van der Waals surface area contributed by atoms with E-state index in [-0.39, 0.29) is 27.1 Å². The molecule has 0 aliphatic rings. The molecule has 0 atom stereocenters. The van der Waals surface area contributed by atoms with Gasteiger partial charge in [-0.05, 0) is 41.8 Å². The number of halogens is 5. The first-order valence-electron chi connectivity index (χ1n) is 11.8. The molecule has 0 unspecified atom stereocenters. The molecular formula is C29H16Cl2F3N5O2. The lowest BCUT2D eigenvalue weighted by molar-refractivity contribution is -0.141. The minimum Gasteiger partial charge on any atom is -0.322 e. The van der Waals surface area contributed by atoms with Crippen molar-refractivity contribution in [2.24, 2.45) is 0 Å². The maximum atomic E-state index is 13.6. The molecule has 0 aliphatic heterocycles. The number of hydrogen-bond acceptors (Lipinski definition) is 4. The highest BCUT2D eigenvalue weighted by Crippen LogP contribution is 2.36. The van der Waals surface area contributed by atoms with Gasteiger partial charge in [-0.2, -0.15) is 18.3 Å². The molecule has 12 heteroatoms. The molecule has 2 heterocycles. The maximum absolute atomic E-state index is 13.6. The smallest absolute Gasteiger partial charge is 0.322 e. The number of pyridine rings is 1. The lowest BCUT2D eigenvalue weighted by atomic mass is 10.0. The fourth-order valence-electron chi connectivity index (χ4n) is 4.04. The summed E-state index contributed by atoms with van der Waals surface area (Å²) in [4.78, 5) is 31.0. The Balaban J connectivity index is 1.61. The number of fused-ring (bicyclic) bond motifs is 1. The molecule has 0 bridgehead atoms. The molecule has 204 valence electrons. The van der Waals surface area contributed by atoms with Gasteiger partial charge in [-0.3, -0.25) is 9.59 Å². The Morgan fingerprint density at radius 1 is 0.927 bits per heavy atom. The first-order valence-corrected chi connectivity index (χ1v) is 12.5. The summed E-state index contributed by atoms with van der Waals surface area (Å²) in [5.41, 5.74) is -1.17. The highest BCUT2D eigenvalue weighted by atomic mass is 35.5. The number of hydrogen-bond donors (Lipinski definition) is 2. The molecule has 0 spiro atoms. The van der Waals surface area contributed by atoms with Crippen LogP contribution in [0.25, 0.3) is 16.6 Å². The van der Waals surface area contributed by atoms with E-state index in [4.69, 9.17) is 29.6 Å². The number of nitrogens with one attached hydrogen (secondary N) is 2. The lowest BCUT2D eigenvalue weighted by Gasteiger charge is -2.16. The number of carbonyl (C=O) groups is 2. The Kier molecular flexibility index (Phi) is 7.41. The maximum Gasteiger partial charge on any atom is 0.435 e.